The van der Waals surface area contributed by atoms with E-state index in [1.54, 1.807) is 0 Å². The summed E-state index contributed by atoms with van der Waals surface area (Å²) in [5, 5.41) is 0. The minimum atomic E-state index is -4.10. The quantitative estimate of drug-likeness (QED) is 0.838. The van der Waals surface area contributed by atoms with Crippen molar-refractivity contribution in [1.82, 2.24) is 4.72 Å². The predicted molar refractivity (Wildman–Crippen MR) is 77.1 cm³/mol. The molecule has 2 atom stereocenters. The van der Waals surface area contributed by atoms with E-state index in [0.717, 1.165) is 37.8 Å². The number of rotatable bonds is 4. The normalized spacial score (nSPS) is 23.2. The number of halogens is 2. The van der Waals surface area contributed by atoms with Gasteiger partial charge in [0.15, 0.2) is 11.6 Å². The summed E-state index contributed by atoms with van der Waals surface area (Å²) in [6, 6.07) is 1.70. The second kappa shape index (κ2) is 6.27. The van der Waals surface area contributed by atoms with Crippen molar-refractivity contribution in [2.24, 2.45) is 11.8 Å². The van der Waals surface area contributed by atoms with E-state index >= 15 is 0 Å². The van der Waals surface area contributed by atoms with E-state index < -0.39 is 26.6 Å². The third-order valence-corrected chi connectivity index (χ3v) is 5.55. The number of hydrogen-bond acceptors (Lipinski definition) is 3. The van der Waals surface area contributed by atoms with Crippen molar-refractivity contribution in [1.29, 1.82) is 0 Å². The maximum Gasteiger partial charge on any atom is 0.243 e. The van der Waals surface area contributed by atoms with Gasteiger partial charge in [-0.2, -0.15) is 0 Å². The molecule has 1 aliphatic rings. The lowest BCUT2D eigenvalue weighted by atomic mass is 9.81. The van der Waals surface area contributed by atoms with Crippen LogP contribution in [0.1, 0.15) is 32.6 Å². The number of hydrogen-bond donors (Lipinski definition) is 2. The van der Waals surface area contributed by atoms with Crippen LogP contribution in [0.15, 0.2) is 17.0 Å². The van der Waals surface area contributed by atoms with E-state index in [2.05, 4.69) is 11.6 Å². The molecule has 1 fully saturated rings. The first-order chi connectivity index (χ1) is 9.81. The third kappa shape index (κ3) is 3.71. The van der Waals surface area contributed by atoms with Gasteiger partial charge in [0, 0.05) is 12.2 Å². The molecule has 0 amide bonds. The summed E-state index contributed by atoms with van der Waals surface area (Å²) >= 11 is 0. The highest BCUT2D eigenvalue weighted by atomic mass is 32.2. The van der Waals surface area contributed by atoms with Crippen molar-refractivity contribution in [3.8, 4) is 0 Å². The minimum Gasteiger partial charge on any atom is -0.399 e. The SMILES string of the molecule is CC1CCCCC1CNS(=O)(=O)c1cc(N)cc(F)c1F. The molecule has 3 N–H and O–H groups in total. The number of sulfonamides is 1. The standard InChI is InChI=1S/C14H20F2N2O2S/c1-9-4-2-3-5-10(9)8-18-21(19,20)13-7-11(17)6-12(15)14(13)16/h6-7,9-10,18H,2-5,8,17H2,1H3. The van der Waals surface area contributed by atoms with Crippen LogP contribution >= 0.6 is 0 Å². The zero-order valence-corrected chi connectivity index (χ0v) is 12.7. The molecule has 1 aromatic rings. The van der Waals surface area contributed by atoms with Gasteiger partial charge < -0.3 is 5.73 Å². The molecule has 0 saturated heterocycles. The van der Waals surface area contributed by atoms with Gasteiger partial charge in [-0.05, 0) is 30.4 Å². The Morgan fingerprint density at radius 3 is 2.62 bits per heavy atom. The monoisotopic (exact) mass is 318 g/mol. The smallest absolute Gasteiger partial charge is 0.243 e. The second-order valence-electron chi connectivity index (χ2n) is 5.69. The molecule has 2 rings (SSSR count). The molecule has 0 aromatic heterocycles. The lowest BCUT2D eigenvalue weighted by Gasteiger charge is -2.28. The average Bonchev–Trinajstić information content (AvgIpc) is 2.42. The van der Waals surface area contributed by atoms with Gasteiger partial charge in [-0.15, -0.1) is 0 Å². The Kier molecular flexibility index (Phi) is 4.83. The van der Waals surface area contributed by atoms with Gasteiger partial charge in [0.1, 0.15) is 4.90 Å². The van der Waals surface area contributed by atoms with E-state index in [1.165, 1.54) is 0 Å². The number of nitrogen functional groups attached to an aromatic ring is 1. The van der Waals surface area contributed by atoms with Crippen LogP contribution < -0.4 is 10.5 Å². The molecule has 1 aliphatic carbocycles. The molecule has 0 bridgehead atoms. The fourth-order valence-corrected chi connectivity index (χ4v) is 3.98. The van der Waals surface area contributed by atoms with Crippen molar-refractivity contribution in [2.75, 3.05) is 12.3 Å². The van der Waals surface area contributed by atoms with Crippen molar-refractivity contribution >= 4 is 15.7 Å². The first-order valence-electron chi connectivity index (χ1n) is 7.05. The van der Waals surface area contributed by atoms with Crippen molar-refractivity contribution in [3.05, 3.63) is 23.8 Å². The number of nitrogens with two attached hydrogens (primary N) is 1. The van der Waals surface area contributed by atoms with Gasteiger partial charge >= 0.3 is 0 Å². The molecular formula is C14H20F2N2O2S. The largest absolute Gasteiger partial charge is 0.399 e. The van der Waals surface area contributed by atoms with E-state index in [1.807, 2.05) is 0 Å². The van der Waals surface area contributed by atoms with Crippen LogP contribution in [0.5, 0.6) is 0 Å². The lowest BCUT2D eigenvalue weighted by molar-refractivity contribution is 0.257. The summed E-state index contributed by atoms with van der Waals surface area (Å²) in [4.78, 5) is -0.733. The van der Waals surface area contributed by atoms with Crippen LogP contribution in [0.4, 0.5) is 14.5 Å². The van der Waals surface area contributed by atoms with E-state index in [9.17, 15) is 17.2 Å². The van der Waals surface area contributed by atoms with Crippen LogP contribution in [0.2, 0.25) is 0 Å². The molecule has 1 aromatic carbocycles. The molecule has 4 nitrogen and oxygen atoms in total. The van der Waals surface area contributed by atoms with Gasteiger partial charge in [-0.25, -0.2) is 21.9 Å². The van der Waals surface area contributed by atoms with E-state index in [-0.39, 0.29) is 18.2 Å². The number of anilines is 1. The average molecular weight is 318 g/mol. The van der Waals surface area contributed by atoms with Gasteiger partial charge in [0.2, 0.25) is 10.0 Å². The van der Waals surface area contributed by atoms with Crippen molar-refractivity contribution < 1.29 is 17.2 Å². The molecule has 21 heavy (non-hydrogen) atoms. The minimum absolute atomic E-state index is 0.125. The molecule has 0 radical (unpaired) electrons. The highest BCUT2D eigenvalue weighted by molar-refractivity contribution is 7.89. The zero-order chi connectivity index (χ0) is 15.6. The zero-order valence-electron chi connectivity index (χ0n) is 11.9. The maximum atomic E-state index is 13.7. The molecule has 118 valence electrons. The summed E-state index contributed by atoms with van der Waals surface area (Å²) < 4.78 is 53.6. The summed E-state index contributed by atoms with van der Waals surface area (Å²) in [5.41, 5.74) is 5.26. The van der Waals surface area contributed by atoms with Crippen molar-refractivity contribution in [2.45, 2.75) is 37.5 Å². The highest BCUT2D eigenvalue weighted by Gasteiger charge is 2.26. The maximum absolute atomic E-state index is 13.7. The Bertz CT molecular complexity index is 620. The highest BCUT2D eigenvalue weighted by Crippen LogP contribution is 2.29. The van der Waals surface area contributed by atoms with E-state index in [0.29, 0.717) is 5.92 Å². The Morgan fingerprint density at radius 2 is 1.95 bits per heavy atom. The summed E-state index contributed by atoms with van der Waals surface area (Å²) in [7, 11) is -4.10. The molecule has 0 heterocycles. The summed E-state index contributed by atoms with van der Waals surface area (Å²) in [6.45, 7) is 2.32. The Hall–Kier alpha value is -1.21. The van der Waals surface area contributed by atoms with Gasteiger partial charge in [0.05, 0.1) is 0 Å². The predicted octanol–water partition coefficient (Wildman–Crippen LogP) is 2.65. The Balaban J connectivity index is 2.15. The van der Waals surface area contributed by atoms with Gasteiger partial charge in [0.25, 0.3) is 0 Å². The van der Waals surface area contributed by atoms with Crippen molar-refractivity contribution in [3.63, 3.8) is 0 Å². The molecule has 0 spiro atoms. The Labute approximate surface area is 123 Å². The third-order valence-electron chi connectivity index (χ3n) is 4.13. The summed E-state index contributed by atoms with van der Waals surface area (Å²) in [5.74, 6) is -2.01. The summed E-state index contributed by atoms with van der Waals surface area (Å²) in [6.07, 6.45) is 4.22. The molecule has 1 saturated carbocycles. The first-order valence-corrected chi connectivity index (χ1v) is 8.54. The number of nitrogens with one attached hydrogen (secondary N) is 1. The lowest BCUT2D eigenvalue weighted by Crippen LogP contribution is -2.34. The fraction of sp³-hybridized carbons (Fsp3) is 0.571. The van der Waals surface area contributed by atoms with Gasteiger partial charge in [-0.1, -0.05) is 26.2 Å². The van der Waals surface area contributed by atoms with Crippen LogP contribution in [-0.2, 0) is 10.0 Å². The van der Waals surface area contributed by atoms with Crippen LogP contribution in [0, 0.1) is 23.5 Å². The van der Waals surface area contributed by atoms with Crippen LogP contribution in [-0.4, -0.2) is 15.0 Å². The Morgan fingerprint density at radius 1 is 1.29 bits per heavy atom. The topological polar surface area (TPSA) is 72.2 Å². The molecule has 0 aliphatic heterocycles. The molecule has 7 heteroatoms. The fourth-order valence-electron chi connectivity index (χ4n) is 2.77. The number of benzene rings is 1. The second-order valence-corrected chi connectivity index (χ2v) is 7.42. The van der Waals surface area contributed by atoms with E-state index in [4.69, 9.17) is 5.73 Å². The first kappa shape index (κ1) is 16.2. The van der Waals surface area contributed by atoms with Crippen LogP contribution in [0.3, 0.4) is 0 Å². The van der Waals surface area contributed by atoms with Gasteiger partial charge in [-0.3, -0.25) is 0 Å². The molecule has 2 unspecified atom stereocenters. The van der Waals surface area contributed by atoms with Crippen LogP contribution in [0.25, 0.3) is 0 Å². The molecular weight excluding hydrogens is 298 g/mol.